The molecule has 3 aromatic rings. The van der Waals surface area contributed by atoms with E-state index in [2.05, 4.69) is 16.5 Å². The number of amides is 1. The average molecular weight is 510 g/mol. The van der Waals surface area contributed by atoms with Crippen LogP contribution in [0.25, 0.3) is 16.6 Å². The number of ether oxygens (including phenoxy) is 2. The summed E-state index contributed by atoms with van der Waals surface area (Å²) < 4.78 is 25.0. The first-order valence-electron chi connectivity index (χ1n) is 12.0. The largest absolute Gasteiger partial charge is 0.450 e. The second-order valence-electron chi connectivity index (χ2n) is 9.48. The van der Waals surface area contributed by atoms with E-state index in [0.29, 0.717) is 74.1 Å². The van der Waals surface area contributed by atoms with E-state index >= 15 is 0 Å². The summed E-state index contributed by atoms with van der Waals surface area (Å²) in [6.45, 7) is 7.69. The lowest BCUT2D eigenvalue weighted by atomic mass is 9.83. The maximum absolute atomic E-state index is 14.0. The number of aromatic amines is 1. The van der Waals surface area contributed by atoms with E-state index < -0.39 is 17.4 Å². The van der Waals surface area contributed by atoms with Gasteiger partial charge < -0.3 is 24.3 Å². The van der Waals surface area contributed by atoms with Gasteiger partial charge in [-0.1, -0.05) is 30.3 Å². The van der Waals surface area contributed by atoms with Crippen LogP contribution in [0.1, 0.15) is 44.8 Å². The summed E-state index contributed by atoms with van der Waals surface area (Å²) in [4.78, 5) is 33.7. The lowest BCUT2D eigenvalue weighted by Crippen LogP contribution is -2.45. The van der Waals surface area contributed by atoms with E-state index in [1.54, 1.807) is 17.0 Å². The van der Waals surface area contributed by atoms with Crippen LogP contribution in [-0.4, -0.2) is 66.1 Å². The van der Waals surface area contributed by atoms with Crippen LogP contribution in [0.2, 0.25) is 5.02 Å². The van der Waals surface area contributed by atoms with Gasteiger partial charge in [0.2, 0.25) is 0 Å². The number of H-pyrrole nitrogens is 1. The number of piperidine rings is 1. The highest BCUT2D eigenvalue weighted by atomic mass is 35.5. The highest BCUT2D eigenvalue weighted by Gasteiger charge is 2.48. The lowest BCUT2D eigenvalue weighted by molar-refractivity contribution is -0.0389. The topological polar surface area (TPSA) is 74.9 Å². The van der Waals surface area contributed by atoms with Crippen LogP contribution in [0.4, 0.5) is 4.39 Å². The van der Waals surface area contributed by atoms with Crippen LogP contribution in [0.3, 0.4) is 0 Å². The SMILES string of the molecule is C=C(c1[nH]c2cc(Cl)ccc2c1C(=O)N1CCC2(CC1)OC(=O)c1cc(F)ccc12)N1CCOCC1. The smallest absolute Gasteiger partial charge is 0.339 e. The molecule has 36 heavy (non-hydrogen) atoms. The zero-order valence-corrected chi connectivity index (χ0v) is 20.4. The van der Waals surface area contributed by atoms with Crippen LogP contribution >= 0.6 is 11.6 Å². The highest BCUT2D eigenvalue weighted by Crippen LogP contribution is 2.45. The summed E-state index contributed by atoms with van der Waals surface area (Å²) in [5, 5.41) is 1.35. The van der Waals surface area contributed by atoms with Gasteiger partial charge in [0.15, 0.2) is 0 Å². The minimum Gasteiger partial charge on any atom is -0.450 e. The fourth-order valence-corrected chi connectivity index (χ4v) is 5.74. The second kappa shape index (κ2) is 8.64. The normalized spacial score (nSPS) is 19.0. The van der Waals surface area contributed by atoms with Crippen molar-refractivity contribution in [1.29, 1.82) is 0 Å². The Bertz CT molecular complexity index is 1400. The number of rotatable bonds is 3. The number of nitrogens with one attached hydrogen (secondary N) is 1. The number of carbonyl (C=O) groups excluding carboxylic acids is 2. The third-order valence-electron chi connectivity index (χ3n) is 7.49. The number of morpholine rings is 1. The number of halogens is 2. The van der Waals surface area contributed by atoms with Crippen molar-refractivity contribution in [3.63, 3.8) is 0 Å². The molecule has 0 radical (unpaired) electrons. The first-order chi connectivity index (χ1) is 17.4. The maximum atomic E-state index is 14.0. The van der Waals surface area contributed by atoms with Crippen LogP contribution in [0, 0.1) is 5.82 Å². The average Bonchev–Trinajstić information content (AvgIpc) is 3.38. The summed E-state index contributed by atoms with van der Waals surface area (Å²) in [6, 6.07) is 9.64. The number of hydrogen-bond donors (Lipinski definition) is 1. The number of aromatic nitrogens is 1. The molecule has 1 aromatic heterocycles. The molecular weight excluding hydrogens is 485 g/mol. The van der Waals surface area contributed by atoms with Gasteiger partial charge in [0.05, 0.1) is 35.7 Å². The Morgan fingerprint density at radius 3 is 2.56 bits per heavy atom. The third-order valence-corrected chi connectivity index (χ3v) is 7.73. The van der Waals surface area contributed by atoms with Crippen molar-refractivity contribution in [1.82, 2.24) is 14.8 Å². The zero-order valence-electron chi connectivity index (χ0n) is 19.6. The summed E-state index contributed by atoms with van der Waals surface area (Å²) in [7, 11) is 0. The quantitative estimate of drug-likeness (QED) is 0.524. The minimum absolute atomic E-state index is 0.119. The Kier molecular flexibility index (Phi) is 5.53. The molecule has 2 saturated heterocycles. The van der Waals surface area contributed by atoms with E-state index in [9.17, 15) is 14.0 Å². The first-order valence-corrected chi connectivity index (χ1v) is 12.4. The molecule has 6 rings (SSSR count). The van der Waals surface area contributed by atoms with Gasteiger partial charge >= 0.3 is 5.97 Å². The number of carbonyl (C=O) groups is 2. The summed E-state index contributed by atoms with van der Waals surface area (Å²) in [5.41, 5.74) is 2.88. The van der Waals surface area contributed by atoms with Crippen molar-refractivity contribution in [3.05, 3.63) is 76.2 Å². The van der Waals surface area contributed by atoms with Gasteiger partial charge in [-0.25, -0.2) is 9.18 Å². The van der Waals surface area contributed by atoms with Crippen molar-refractivity contribution < 1.29 is 23.5 Å². The van der Waals surface area contributed by atoms with E-state index in [0.717, 1.165) is 16.6 Å². The molecule has 1 amide bonds. The Labute approximate surface area is 212 Å². The van der Waals surface area contributed by atoms with Gasteiger partial charge in [0.25, 0.3) is 5.91 Å². The molecule has 2 aromatic carbocycles. The summed E-state index contributed by atoms with van der Waals surface area (Å²) >= 11 is 6.24. The van der Waals surface area contributed by atoms with E-state index in [4.69, 9.17) is 21.1 Å². The lowest BCUT2D eigenvalue weighted by Gasteiger charge is -2.38. The molecule has 1 N–H and O–H groups in total. The number of benzene rings is 2. The van der Waals surface area contributed by atoms with Crippen LogP contribution in [0.15, 0.2) is 43.0 Å². The molecule has 0 atom stereocenters. The molecule has 7 nitrogen and oxygen atoms in total. The van der Waals surface area contributed by atoms with Crippen molar-refractivity contribution >= 4 is 40.1 Å². The van der Waals surface area contributed by atoms with Crippen molar-refractivity contribution in [2.45, 2.75) is 18.4 Å². The molecule has 3 aliphatic heterocycles. The molecule has 9 heteroatoms. The third kappa shape index (κ3) is 3.67. The van der Waals surface area contributed by atoms with Gasteiger partial charge in [-0.05, 0) is 24.3 Å². The Balaban J connectivity index is 1.31. The second-order valence-corrected chi connectivity index (χ2v) is 9.91. The molecule has 0 bridgehead atoms. The molecule has 3 aliphatic rings. The minimum atomic E-state index is -0.829. The molecule has 0 unspecified atom stereocenters. The first kappa shape index (κ1) is 23.1. The predicted molar refractivity (Wildman–Crippen MR) is 133 cm³/mol. The van der Waals surface area contributed by atoms with Gasteiger partial charge in [-0.2, -0.15) is 0 Å². The van der Waals surface area contributed by atoms with Crippen molar-refractivity contribution in [2.24, 2.45) is 0 Å². The summed E-state index contributed by atoms with van der Waals surface area (Å²) in [6.07, 6.45) is 0.883. The molecule has 2 fully saturated rings. The monoisotopic (exact) mass is 509 g/mol. The molecular formula is C27H25ClFN3O4. The number of nitrogens with zero attached hydrogens (tertiary/aromatic N) is 2. The van der Waals surface area contributed by atoms with Crippen LogP contribution < -0.4 is 0 Å². The number of fused-ring (bicyclic) bond motifs is 3. The zero-order chi connectivity index (χ0) is 25.0. The molecule has 0 aliphatic carbocycles. The maximum Gasteiger partial charge on any atom is 0.339 e. The molecule has 1 spiro atoms. The predicted octanol–water partition coefficient (Wildman–Crippen LogP) is 4.57. The molecule has 0 saturated carbocycles. The van der Waals surface area contributed by atoms with E-state index in [-0.39, 0.29) is 11.5 Å². The Morgan fingerprint density at radius 2 is 1.81 bits per heavy atom. The highest BCUT2D eigenvalue weighted by molar-refractivity contribution is 6.31. The fraction of sp³-hybridized carbons (Fsp3) is 0.333. The van der Waals surface area contributed by atoms with Gasteiger partial charge in [0.1, 0.15) is 11.4 Å². The Morgan fingerprint density at radius 1 is 1.06 bits per heavy atom. The van der Waals surface area contributed by atoms with Crippen LogP contribution in [0.5, 0.6) is 0 Å². The van der Waals surface area contributed by atoms with Crippen molar-refractivity contribution in [2.75, 3.05) is 39.4 Å². The number of esters is 1. The Hall–Kier alpha value is -3.36. The number of likely N-dealkylation sites (tertiary alicyclic amines) is 1. The van der Waals surface area contributed by atoms with Gasteiger partial charge in [0, 0.05) is 60.5 Å². The van der Waals surface area contributed by atoms with Crippen molar-refractivity contribution in [3.8, 4) is 0 Å². The molecule has 4 heterocycles. The number of hydrogen-bond acceptors (Lipinski definition) is 5. The van der Waals surface area contributed by atoms with E-state index in [1.807, 2.05) is 12.1 Å². The fourth-order valence-electron chi connectivity index (χ4n) is 5.57. The standard InChI is InChI=1S/C27H25ClFN3O4/c1-16(31-10-12-35-13-11-31)24-23(19-4-2-17(28)14-22(19)30-24)25(33)32-8-6-27(7-9-32)21-5-3-18(29)15-20(21)26(34)36-27/h2-5,14-15,30H,1,6-13H2. The molecule has 186 valence electrons. The van der Waals surface area contributed by atoms with Crippen LogP contribution in [-0.2, 0) is 15.1 Å². The van der Waals surface area contributed by atoms with Gasteiger partial charge in [-0.15, -0.1) is 0 Å². The van der Waals surface area contributed by atoms with E-state index in [1.165, 1.54) is 12.1 Å². The summed E-state index contributed by atoms with van der Waals surface area (Å²) in [5.74, 6) is -1.10. The van der Waals surface area contributed by atoms with Gasteiger partial charge in [-0.3, -0.25) is 4.79 Å².